The monoisotopic (exact) mass is 239 g/mol. The number of carboxylic acid groups (broad SMARTS) is 1. The maximum absolute atomic E-state index is 13.9. The van der Waals surface area contributed by atoms with Gasteiger partial charge in [0.2, 0.25) is 0 Å². The molecule has 0 heterocycles. The molecule has 0 N–H and O–H groups in total. The average molecular weight is 239 g/mol. The summed E-state index contributed by atoms with van der Waals surface area (Å²) in [6.07, 6.45) is 0. The Balaban J connectivity index is 5.42. The molecule has 0 aromatic rings. The predicted octanol–water partition coefficient (Wildman–Crippen LogP) is -0.521. The van der Waals surface area contributed by atoms with E-state index in [1.807, 2.05) is 0 Å². The Bertz CT molecular complexity index is 214. The molecule has 1 atom stereocenters. The Hall–Kier alpha value is -0.290. The minimum Gasteiger partial charge on any atom is -0.543 e. The van der Waals surface area contributed by atoms with Gasteiger partial charge in [0, 0.05) is 42.3 Å². The Morgan fingerprint density at radius 3 is 1.40 bits per heavy atom. The molecule has 0 aliphatic heterocycles. The molecule has 0 aromatic heterocycles. The van der Waals surface area contributed by atoms with Crippen LogP contribution in [0, 0.1) is 0 Å². The third-order valence-electron chi connectivity index (χ3n) is 2.26. The van der Waals surface area contributed by atoms with Gasteiger partial charge in [0.25, 0.3) is 13.6 Å². The van der Waals surface area contributed by atoms with Crippen LogP contribution in [0.4, 0.5) is 4.39 Å². The number of rotatable bonds is 5. The summed E-state index contributed by atoms with van der Waals surface area (Å²) in [5.41, 5.74) is 0. The minimum atomic E-state index is -2.69. The predicted molar refractivity (Wildman–Crippen MR) is 57.9 cm³/mol. The number of halogens is 1. The van der Waals surface area contributed by atoms with Crippen LogP contribution in [0.1, 0.15) is 0 Å². The van der Waals surface area contributed by atoms with Crippen LogP contribution in [-0.4, -0.2) is 68.2 Å². The molecule has 0 radical (unpaired) electrons. The topological polar surface area (TPSA) is 49.9 Å². The third kappa shape index (κ3) is 2.45. The van der Waals surface area contributed by atoms with E-state index in [2.05, 4.69) is 0 Å². The van der Waals surface area contributed by atoms with Crippen molar-refractivity contribution in [1.29, 1.82) is 0 Å². The maximum atomic E-state index is 13.9. The van der Waals surface area contributed by atoms with E-state index in [-0.39, 0.29) is 0 Å². The van der Waals surface area contributed by atoms with Crippen molar-refractivity contribution in [3.63, 3.8) is 0 Å². The molecular formula is C8H19FN3O2P. The van der Waals surface area contributed by atoms with Crippen LogP contribution in [0.3, 0.4) is 0 Å². The number of carbonyl (C=O) groups excluding carboxylic acids is 1. The minimum absolute atomic E-state index is 1.62. The highest BCUT2D eigenvalue weighted by Gasteiger charge is 2.56. The molecule has 0 bridgehead atoms. The maximum Gasteiger partial charge on any atom is 0.292 e. The third-order valence-corrected chi connectivity index (χ3v) is 6.62. The second kappa shape index (κ2) is 5.16. The van der Waals surface area contributed by atoms with Crippen LogP contribution in [0.25, 0.3) is 0 Å². The first-order valence-electron chi connectivity index (χ1n) is 4.46. The van der Waals surface area contributed by atoms with Crippen molar-refractivity contribution in [3.8, 4) is 0 Å². The van der Waals surface area contributed by atoms with Gasteiger partial charge in [0.15, 0.2) is 0 Å². The lowest BCUT2D eigenvalue weighted by atomic mass is 10.8. The van der Waals surface area contributed by atoms with E-state index in [1.54, 1.807) is 56.3 Å². The number of hydrogen-bond donors (Lipinski definition) is 0. The Labute approximate surface area is 90.9 Å². The summed E-state index contributed by atoms with van der Waals surface area (Å²) >= 11 is 0. The lowest BCUT2D eigenvalue weighted by Crippen LogP contribution is -2.47. The van der Waals surface area contributed by atoms with Crippen LogP contribution in [0.15, 0.2) is 0 Å². The highest BCUT2D eigenvalue weighted by Crippen LogP contribution is 2.67. The van der Waals surface area contributed by atoms with Gasteiger partial charge >= 0.3 is 0 Å². The van der Waals surface area contributed by atoms with Gasteiger partial charge in [-0.15, -0.1) is 0 Å². The number of aliphatic carboxylic acids is 1. The lowest BCUT2D eigenvalue weighted by Gasteiger charge is -2.41. The smallest absolute Gasteiger partial charge is 0.292 e. The summed E-state index contributed by atoms with van der Waals surface area (Å²) in [4.78, 5) is 10.7. The van der Waals surface area contributed by atoms with Crippen molar-refractivity contribution in [2.75, 3.05) is 42.3 Å². The van der Waals surface area contributed by atoms with Crippen LogP contribution >= 0.6 is 7.71 Å². The van der Waals surface area contributed by atoms with E-state index in [0.717, 1.165) is 0 Å². The fourth-order valence-electron chi connectivity index (χ4n) is 1.82. The molecule has 0 amide bonds. The molecule has 0 saturated heterocycles. The quantitative estimate of drug-likeness (QED) is 0.604. The van der Waals surface area contributed by atoms with Gasteiger partial charge in [-0.05, 0) is 0 Å². The molecule has 0 rings (SSSR count). The standard InChI is InChI=1S/C8H19FN3O2P/c1-10(2)15(11(3)4,12(5)6)7(9)8(13)14/h7H,1-6H3. The lowest BCUT2D eigenvalue weighted by molar-refractivity contribution is -0.308. The molecule has 0 saturated carbocycles. The van der Waals surface area contributed by atoms with E-state index >= 15 is 0 Å². The molecular weight excluding hydrogens is 220 g/mol. The summed E-state index contributed by atoms with van der Waals surface area (Å²) in [6.45, 7) is 0. The van der Waals surface area contributed by atoms with Crippen molar-refractivity contribution in [2.24, 2.45) is 0 Å². The molecule has 0 aliphatic rings. The van der Waals surface area contributed by atoms with Crippen molar-refractivity contribution >= 4 is 13.7 Å². The van der Waals surface area contributed by atoms with E-state index < -0.39 is 19.6 Å². The highest BCUT2D eigenvalue weighted by atomic mass is 31.2. The van der Waals surface area contributed by atoms with Crippen molar-refractivity contribution < 1.29 is 14.3 Å². The molecule has 0 aromatic carbocycles. The normalized spacial score (nSPS) is 15.1. The summed E-state index contributed by atoms with van der Waals surface area (Å²) in [5, 5.41) is 10.7. The van der Waals surface area contributed by atoms with Crippen LogP contribution < -0.4 is 5.11 Å². The summed E-state index contributed by atoms with van der Waals surface area (Å²) < 4.78 is 18.7. The molecule has 1 unspecified atom stereocenters. The van der Waals surface area contributed by atoms with Gasteiger partial charge in [0.1, 0.15) is 5.97 Å². The summed E-state index contributed by atoms with van der Waals surface area (Å²) in [7, 11) is 7.33. The zero-order valence-corrected chi connectivity index (χ0v) is 11.0. The van der Waals surface area contributed by atoms with Crippen molar-refractivity contribution in [1.82, 2.24) is 14.0 Å². The number of carbonyl (C=O) groups is 1. The fourth-order valence-corrected chi connectivity index (χ4v) is 5.47. The largest absolute Gasteiger partial charge is 0.543 e. The first-order valence-corrected chi connectivity index (χ1v) is 6.17. The second-order valence-corrected chi connectivity index (χ2v) is 7.89. The van der Waals surface area contributed by atoms with E-state index in [9.17, 15) is 14.3 Å². The van der Waals surface area contributed by atoms with Crippen LogP contribution in [0.2, 0.25) is 0 Å². The zero-order valence-electron chi connectivity index (χ0n) is 10.1. The molecule has 7 heteroatoms. The fraction of sp³-hybridized carbons (Fsp3) is 0.875. The van der Waals surface area contributed by atoms with Gasteiger partial charge in [-0.1, -0.05) is 0 Å². The van der Waals surface area contributed by atoms with Gasteiger partial charge in [-0.2, -0.15) is 18.4 Å². The van der Waals surface area contributed by atoms with Crippen molar-refractivity contribution in [3.05, 3.63) is 0 Å². The van der Waals surface area contributed by atoms with E-state index in [1.165, 1.54) is 0 Å². The number of hydrogen-bond acceptors (Lipinski definition) is 5. The molecule has 0 aliphatic carbocycles. The zero-order chi connectivity index (χ0) is 12.4. The van der Waals surface area contributed by atoms with Gasteiger partial charge < -0.3 is 9.90 Å². The average Bonchev–Trinajstić information content (AvgIpc) is 2.02. The highest BCUT2D eigenvalue weighted by molar-refractivity contribution is 7.70. The van der Waals surface area contributed by atoms with E-state index in [4.69, 9.17) is 0 Å². The molecule has 0 spiro atoms. The molecule has 5 nitrogen and oxygen atoms in total. The van der Waals surface area contributed by atoms with Gasteiger partial charge in [-0.25, -0.2) is 0 Å². The summed E-state index contributed by atoms with van der Waals surface area (Å²) in [6, 6.07) is 0. The Morgan fingerprint density at radius 2 is 1.33 bits per heavy atom. The molecule has 90 valence electrons. The first kappa shape index (κ1) is 14.7. The molecule has 15 heavy (non-hydrogen) atoms. The van der Waals surface area contributed by atoms with Gasteiger partial charge in [-0.3, -0.25) is 0 Å². The molecule has 0 fully saturated rings. The second-order valence-electron chi connectivity index (χ2n) is 3.81. The first-order chi connectivity index (χ1) is 6.68. The SMILES string of the molecule is CN(C)[P+](C(F)C(=O)[O-])(N(C)C)N(C)C. The van der Waals surface area contributed by atoms with Gasteiger partial charge in [0.05, 0.1) is 0 Å². The number of nitrogens with zero attached hydrogens (tertiary/aromatic N) is 3. The number of alkyl halides is 1. The Morgan fingerprint density at radius 1 is 1.07 bits per heavy atom. The van der Waals surface area contributed by atoms with Crippen LogP contribution in [-0.2, 0) is 4.79 Å². The summed E-state index contributed by atoms with van der Waals surface area (Å²) in [5.74, 6) is -3.68. The van der Waals surface area contributed by atoms with Crippen molar-refractivity contribution in [2.45, 2.75) is 5.91 Å². The Kier molecular flexibility index (Phi) is 5.06. The number of carboxylic acids is 1. The van der Waals surface area contributed by atoms with E-state index in [0.29, 0.717) is 0 Å². The van der Waals surface area contributed by atoms with Crippen LogP contribution in [0.5, 0.6) is 0 Å².